The van der Waals surface area contributed by atoms with Crippen LogP contribution in [0.2, 0.25) is 0 Å². The summed E-state index contributed by atoms with van der Waals surface area (Å²) in [5.74, 6) is -0.389. The number of phosphoric ester groups is 1. The number of hydrogen-bond donors (Lipinski definition) is 1. The van der Waals surface area contributed by atoms with E-state index < -0.39 is 13.8 Å². The van der Waals surface area contributed by atoms with Gasteiger partial charge in [-0.1, -0.05) is 48.9 Å². The summed E-state index contributed by atoms with van der Waals surface area (Å²) in [4.78, 5) is 25.9. The maximum Gasteiger partial charge on any atom is 0.564 e. The third kappa shape index (κ3) is 4.93. The molecule has 0 radical (unpaired) electrons. The van der Waals surface area contributed by atoms with Crippen molar-refractivity contribution in [3.05, 3.63) is 65.2 Å². The Bertz CT molecular complexity index is 754. The number of rotatable bonds is 6. The van der Waals surface area contributed by atoms with Gasteiger partial charge in [0.2, 0.25) is 0 Å². The molecule has 0 aromatic heterocycles. The van der Waals surface area contributed by atoms with Crippen LogP contribution >= 0.6 is 7.82 Å². The van der Waals surface area contributed by atoms with E-state index in [1.807, 2.05) is 13.8 Å². The molecule has 0 heterocycles. The first-order chi connectivity index (χ1) is 11.3. The largest absolute Gasteiger partial charge is 0.564 e. The van der Waals surface area contributed by atoms with E-state index in [2.05, 4.69) is 9.56 Å². The Morgan fingerprint density at radius 3 is 2.29 bits per heavy atom. The molecule has 1 N–H and O–H groups in total. The smallest absolute Gasteiger partial charge is 0.402 e. The van der Waals surface area contributed by atoms with E-state index in [0.29, 0.717) is 11.5 Å². The molecule has 0 amide bonds. The third-order valence-electron chi connectivity index (χ3n) is 3.33. The summed E-state index contributed by atoms with van der Waals surface area (Å²) in [6.07, 6.45) is 0. The first kappa shape index (κ1) is 18.2. The predicted octanol–water partition coefficient (Wildman–Crippen LogP) is 4.39. The van der Waals surface area contributed by atoms with Gasteiger partial charge in [0.05, 0.1) is 5.56 Å². The number of hydrogen-bond acceptors (Lipinski definition) is 5. The van der Waals surface area contributed by atoms with Crippen molar-refractivity contribution in [2.45, 2.75) is 26.7 Å². The summed E-state index contributed by atoms with van der Waals surface area (Å²) < 4.78 is 21.1. The minimum absolute atomic E-state index is 0.167. The molecule has 24 heavy (non-hydrogen) atoms. The first-order valence-electron chi connectivity index (χ1n) is 7.37. The molecule has 2 aromatic rings. The predicted molar refractivity (Wildman–Crippen MR) is 88.7 cm³/mol. The number of para-hydroxylation sites is 1. The molecule has 0 fully saturated rings. The van der Waals surface area contributed by atoms with Crippen LogP contribution in [0.1, 0.15) is 41.3 Å². The molecule has 6 nitrogen and oxygen atoms in total. The van der Waals surface area contributed by atoms with Crippen molar-refractivity contribution in [2.24, 2.45) is 0 Å². The average Bonchev–Trinajstić information content (AvgIpc) is 2.55. The number of phosphoric acid groups is 1. The lowest BCUT2D eigenvalue weighted by Crippen LogP contribution is -2.07. The van der Waals surface area contributed by atoms with Crippen LogP contribution in [0.25, 0.3) is 0 Å². The highest BCUT2D eigenvalue weighted by Crippen LogP contribution is 2.45. The van der Waals surface area contributed by atoms with Crippen LogP contribution < -0.4 is 4.52 Å². The molecule has 0 saturated heterocycles. The Morgan fingerprint density at radius 2 is 1.71 bits per heavy atom. The first-order valence-corrected chi connectivity index (χ1v) is 8.86. The van der Waals surface area contributed by atoms with Crippen molar-refractivity contribution in [3.63, 3.8) is 0 Å². The van der Waals surface area contributed by atoms with Crippen molar-refractivity contribution in [1.82, 2.24) is 0 Å². The third-order valence-corrected chi connectivity index (χ3v) is 4.02. The van der Waals surface area contributed by atoms with Gasteiger partial charge in [0, 0.05) is 0 Å². The second-order valence-corrected chi connectivity index (χ2v) is 6.82. The highest BCUT2D eigenvalue weighted by molar-refractivity contribution is 7.47. The highest BCUT2D eigenvalue weighted by Gasteiger charge is 2.28. The van der Waals surface area contributed by atoms with Gasteiger partial charge in [0.25, 0.3) is 0 Å². The van der Waals surface area contributed by atoms with Crippen LogP contribution in [0.3, 0.4) is 0 Å². The van der Waals surface area contributed by atoms with Gasteiger partial charge in [0.15, 0.2) is 0 Å². The highest BCUT2D eigenvalue weighted by atomic mass is 31.2. The molecular weight excluding hydrogens is 331 g/mol. The van der Waals surface area contributed by atoms with Crippen LogP contribution in [-0.4, -0.2) is 10.9 Å². The lowest BCUT2D eigenvalue weighted by molar-refractivity contribution is -0.165. The fourth-order valence-electron chi connectivity index (χ4n) is 1.93. The van der Waals surface area contributed by atoms with E-state index >= 15 is 0 Å². The molecule has 0 aliphatic carbocycles. The van der Waals surface area contributed by atoms with Crippen molar-refractivity contribution in [1.29, 1.82) is 0 Å². The molecule has 0 aliphatic heterocycles. The molecule has 0 saturated carbocycles. The maximum absolute atomic E-state index is 11.9. The molecule has 0 aliphatic rings. The van der Waals surface area contributed by atoms with Crippen molar-refractivity contribution < 1.29 is 28.3 Å². The van der Waals surface area contributed by atoms with Gasteiger partial charge in [-0.3, -0.25) is 9.78 Å². The van der Waals surface area contributed by atoms with E-state index in [-0.39, 0.29) is 11.3 Å². The number of aryl methyl sites for hydroxylation is 1. The Hall–Kier alpha value is -2.14. The number of carbonyl (C=O) groups is 1. The molecule has 2 aromatic carbocycles. The zero-order valence-electron chi connectivity index (χ0n) is 13.6. The number of carbonyl (C=O) groups excluding carboxylic acids is 1. The van der Waals surface area contributed by atoms with Gasteiger partial charge >= 0.3 is 13.8 Å². The van der Waals surface area contributed by atoms with E-state index in [1.165, 1.54) is 6.07 Å². The minimum atomic E-state index is -4.58. The lowest BCUT2D eigenvalue weighted by Gasteiger charge is -2.13. The summed E-state index contributed by atoms with van der Waals surface area (Å²) in [5, 5.41) is 0. The zero-order valence-corrected chi connectivity index (χ0v) is 14.5. The molecule has 0 spiro atoms. The van der Waals surface area contributed by atoms with Crippen molar-refractivity contribution >= 4 is 13.8 Å². The monoisotopic (exact) mass is 350 g/mol. The quantitative estimate of drug-likeness (QED) is 0.473. The number of benzene rings is 2. The second-order valence-electron chi connectivity index (χ2n) is 5.55. The summed E-state index contributed by atoms with van der Waals surface area (Å²) in [6, 6.07) is 13.3. The fraction of sp³-hybridized carbons (Fsp3) is 0.235. The molecule has 7 heteroatoms. The minimum Gasteiger partial charge on any atom is -0.402 e. The van der Waals surface area contributed by atoms with E-state index in [9.17, 15) is 14.3 Å². The molecule has 128 valence electrons. The van der Waals surface area contributed by atoms with Gasteiger partial charge in [-0.15, -0.1) is 0 Å². The normalized spacial score (nSPS) is 13.4. The van der Waals surface area contributed by atoms with Gasteiger partial charge in [-0.25, -0.2) is 9.36 Å². The van der Waals surface area contributed by atoms with E-state index in [4.69, 9.17) is 4.52 Å². The van der Waals surface area contributed by atoms with Crippen LogP contribution in [0.5, 0.6) is 5.75 Å². The topological polar surface area (TPSA) is 82.1 Å². The molecule has 1 atom stereocenters. The van der Waals surface area contributed by atoms with Crippen molar-refractivity contribution in [3.8, 4) is 5.75 Å². The Balaban J connectivity index is 1.97. The van der Waals surface area contributed by atoms with Gasteiger partial charge in [-0.05, 0) is 42.2 Å². The molecule has 1 unspecified atom stereocenters. The maximum atomic E-state index is 11.9. The Labute approximate surface area is 140 Å². The summed E-state index contributed by atoms with van der Waals surface area (Å²) in [7, 11) is -4.58. The average molecular weight is 350 g/mol. The molecule has 0 bridgehead atoms. The van der Waals surface area contributed by atoms with Crippen LogP contribution in [0.4, 0.5) is 0 Å². The van der Waals surface area contributed by atoms with Crippen LogP contribution in [0, 0.1) is 6.92 Å². The molecular formula is C17H19O6P. The lowest BCUT2D eigenvalue weighted by atomic mass is 10.0. The Morgan fingerprint density at radius 1 is 1.08 bits per heavy atom. The standard InChI is InChI=1S/C17H19O6P/c1-12(2)14-8-10-15(11-9-14)17(18)21-23-24(19,20)22-16-7-5-4-6-13(16)3/h4-12H,1-3H3,(H,19,20). The van der Waals surface area contributed by atoms with Crippen LogP contribution in [0.15, 0.2) is 48.5 Å². The van der Waals surface area contributed by atoms with Crippen molar-refractivity contribution in [2.75, 3.05) is 0 Å². The Kier molecular flexibility index (Phi) is 5.78. The van der Waals surface area contributed by atoms with Gasteiger partial charge < -0.3 is 4.52 Å². The second kappa shape index (κ2) is 7.62. The summed E-state index contributed by atoms with van der Waals surface area (Å²) in [5.41, 5.74) is 1.91. The molecule has 2 rings (SSSR count). The fourth-order valence-corrected chi connectivity index (χ4v) is 2.58. The van der Waals surface area contributed by atoms with Gasteiger partial charge in [0.1, 0.15) is 5.75 Å². The SMILES string of the molecule is Cc1ccccc1OP(=O)(O)OOC(=O)c1ccc(C(C)C)cc1. The summed E-state index contributed by atoms with van der Waals surface area (Å²) >= 11 is 0. The summed E-state index contributed by atoms with van der Waals surface area (Å²) in [6.45, 7) is 5.76. The van der Waals surface area contributed by atoms with Crippen LogP contribution in [-0.2, 0) is 14.1 Å². The van der Waals surface area contributed by atoms with E-state index in [1.54, 1.807) is 49.4 Å². The van der Waals surface area contributed by atoms with E-state index in [0.717, 1.165) is 5.56 Å². The zero-order chi connectivity index (χ0) is 17.7. The van der Waals surface area contributed by atoms with Gasteiger partial charge in [-0.2, -0.15) is 0 Å².